The molecule has 0 heterocycles. The molecule has 98 valence electrons. The largest absolute Gasteiger partial charge is 0.478 e. The van der Waals surface area contributed by atoms with Crippen LogP contribution in [0.3, 0.4) is 0 Å². The molecule has 0 aromatic carbocycles. The van der Waals surface area contributed by atoms with Gasteiger partial charge in [-0.3, -0.25) is 4.79 Å². The highest BCUT2D eigenvalue weighted by molar-refractivity contribution is 5.86. The molecule has 3 N–H and O–H groups in total. The van der Waals surface area contributed by atoms with Crippen molar-refractivity contribution >= 4 is 11.9 Å². The second kappa shape index (κ2) is 8.75. The highest BCUT2D eigenvalue weighted by Crippen LogP contribution is 1.99. The van der Waals surface area contributed by atoms with Gasteiger partial charge in [-0.25, -0.2) is 4.79 Å². The van der Waals surface area contributed by atoms with Gasteiger partial charge in [0.2, 0.25) is 5.91 Å². The first-order valence-electron chi connectivity index (χ1n) is 5.96. The molecule has 1 unspecified atom stereocenters. The lowest BCUT2D eigenvalue weighted by molar-refractivity contribution is -0.132. The van der Waals surface area contributed by atoms with Gasteiger partial charge in [0.05, 0.1) is 6.04 Å². The standard InChI is InChI=1S/C12H22N2O3/c1-4-7-14-11(15)9(3)13-8-6-10(5-2)12(16)17/h6,9,13H,4-5,7-8H2,1-3H3,(H,14,15)(H,16,17)/b10-6-. The molecule has 0 saturated heterocycles. The molecule has 0 aromatic heterocycles. The van der Waals surface area contributed by atoms with Crippen LogP contribution in [-0.2, 0) is 9.59 Å². The second-order valence-corrected chi connectivity index (χ2v) is 3.81. The van der Waals surface area contributed by atoms with E-state index in [0.29, 0.717) is 25.1 Å². The van der Waals surface area contributed by atoms with Crippen molar-refractivity contribution in [3.63, 3.8) is 0 Å². The van der Waals surface area contributed by atoms with Crippen molar-refractivity contribution < 1.29 is 14.7 Å². The van der Waals surface area contributed by atoms with Gasteiger partial charge in [-0.15, -0.1) is 0 Å². The Morgan fingerprint density at radius 1 is 1.35 bits per heavy atom. The first-order valence-corrected chi connectivity index (χ1v) is 5.96. The third-order valence-corrected chi connectivity index (χ3v) is 2.37. The van der Waals surface area contributed by atoms with Gasteiger partial charge in [0.15, 0.2) is 0 Å². The summed E-state index contributed by atoms with van der Waals surface area (Å²) in [5, 5.41) is 14.5. The molecule has 0 rings (SSSR count). The van der Waals surface area contributed by atoms with Crippen LogP contribution in [0.4, 0.5) is 0 Å². The van der Waals surface area contributed by atoms with Gasteiger partial charge in [0.25, 0.3) is 0 Å². The Bertz CT molecular complexity index is 287. The van der Waals surface area contributed by atoms with Crippen LogP contribution >= 0.6 is 0 Å². The highest BCUT2D eigenvalue weighted by Gasteiger charge is 2.10. The van der Waals surface area contributed by atoms with Gasteiger partial charge >= 0.3 is 5.97 Å². The van der Waals surface area contributed by atoms with E-state index in [4.69, 9.17) is 5.11 Å². The number of amides is 1. The molecule has 0 aliphatic carbocycles. The van der Waals surface area contributed by atoms with Crippen molar-refractivity contribution in [3.05, 3.63) is 11.6 Å². The number of carbonyl (C=O) groups excluding carboxylic acids is 1. The number of carboxylic acids is 1. The van der Waals surface area contributed by atoms with Gasteiger partial charge in [-0.2, -0.15) is 0 Å². The summed E-state index contributed by atoms with van der Waals surface area (Å²) in [6.07, 6.45) is 2.98. The van der Waals surface area contributed by atoms with Crippen molar-refractivity contribution in [1.29, 1.82) is 0 Å². The normalized spacial score (nSPS) is 13.2. The molecule has 0 fully saturated rings. The molecule has 0 bridgehead atoms. The van der Waals surface area contributed by atoms with E-state index in [1.54, 1.807) is 19.9 Å². The molecule has 5 nitrogen and oxygen atoms in total. The number of carboxylic acid groups (broad SMARTS) is 1. The van der Waals surface area contributed by atoms with Crippen molar-refractivity contribution in [2.45, 2.75) is 39.7 Å². The maximum atomic E-state index is 11.5. The van der Waals surface area contributed by atoms with Crippen molar-refractivity contribution in [1.82, 2.24) is 10.6 Å². The molecular weight excluding hydrogens is 220 g/mol. The van der Waals surface area contributed by atoms with Gasteiger partial charge in [-0.05, 0) is 19.8 Å². The van der Waals surface area contributed by atoms with E-state index in [2.05, 4.69) is 10.6 Å². The van der Waals surface area contributed by atoms with Gasteiger partial charge < -0.3 is 15.7 Å². The van der Waals surface area contributed by atoms with Crippen molar-refractivity contribution in [3.8, 4) is 0 Å². The van der Waals surface area contributed by atoms with E-state index in [0.717, 1.165) is 6.42 Å². The van der Waals surface area contributed by atoms with E-state index in [1.165, 1.54) is 0 Å². The minimum Gasteiger partial charge on any atom is -0.478 e. The lowest BCUT2D eigenvalue weighted by Crippen LogP contribution is -2.42. The lowest BCUT2D eigenvalue weighted by atomic mass is 10.2. The third kappa shape index (κ3) is 6.73. The molecule has 0 aliphatic rings. The zero-order valence-electron chi connectivity index (χ0n) is 10.7. The Hall–Kier alpha value is -1.36. The molecule has 5 heteroatoms. The summed E-state index contributed by atoms with van der Waals surface area (Å²) in [7, 11) is 0. The van der Waals surface area contributed by atoms with Crippen LogP contribution in [0.2, 0.25) is 0 Å². The second-order valence-electron chi connectivity index (χ2n) is 3.81. The highest BCUT2D eigenvalue weighted by atomic mass is 16.4. The van der Waals surface area contributed by atoms with E-state index in [9.17, 15) is 9.59 Å². The summed E-state index contributed by atoms with van der Waals surface area (Å²) in [6, 6.07) is -0.315. The summed E-state index contributed by atoms with van der Waals surface area (Å²) < 4.78 is 0. The van der Waals surface area contributed by atoms with Crippen LogP contribution in [0.1, 0.15) is 33.6 Å². The molecule has 0 aliphatic heterocycles. The van der Waals surface area contributed by atoms with Crippen molar-refractivity contribution in [2.24, 2.45) is 0 Å². The smallest absolute Gasteiger partial charge is 0.331 e. The number of hydrogen-bond donors (Lipinski definition) is 3. The SMILES string of the molecule is CCCNC(=O)C(C)NC/C=C(/CC)C(=O)O. The Kier molecular flexibility index (Phi) is 8.05. The third-order valence-electron chi connectivity index (χ3n) is 2.37. The summed E-state index contributed by atoms with van der Waals surface area (Å²) >= 11 is 0. The first-order chi connectivity index (χ1) is 8.02. The lowest BCUT2D eigenvalue weighted by Gasteiger charge is -2.12. The zero-order chi connectivity index (χ0) is 13.3. The van der Waals surface area contributed by atoms with Crippen LogP contribution in [0.15, 0.2) is 11.6 Å². The zero-order valence-corrected chi connectivity index (χ0v) is 10.7. The van der Waals surface area contributed by atoms with Crippen molar-refractivity contribution in [2.75, 3.05) is 13.1 Å². The van der Waals surface area contributed by atoms with E-state index in [1.807, 2.05) is 6.92 Å². The first kappa shape index (κ1) is 15.6. The Balaban J connectivity index is 4.02. The van der Waals surface area contributed by atoms with Crippen LogP contribution < -0.4 is 10.6 Å². The molecule has 17 heavy (non-hydrogen) atoms. The average Bonchev–Trinajstić information content (AvgIpc) is 2.30. The minimum atomic E-state index is -0.905. The quantitative estimate of drug-likeness (QED) is 0.553. The summed E-state index contributed by atoms with van der Waals surface area (Å²) in [5.74, 6) is -0.967. The van der Waals surface area contributed by atoms with Gasteiger partial charge in [0.1, 0.15) is 0 Å². The number of hydrogen-bond acceptors (Lipinski definition) is 3. The van der Waals surface area contributed by atoms with E-state index >= 15 is 0 Å². The van der Waals surface area contributed by atoms with E-state index < -0.39 is 5.97 Å². The molecule has 0 aromatic rings. The van der Waals surface area contributed by atoms with Crippen LogP contribution in [0.5, 0.6) is 0 Å². The Morgan fingerprint density at radius 3 is 2.47 bits per heavy atom. The maximum Gasteiger partial charge on any atom is 0.331 e. The number of carbonyl (C=O) groups is 2. The van der Waals surface area contributed by atoms with Crippen LogP contribution in [-0.4, -0.2) is 36.1 Å². The monoisotopic (exact) mass is 242 g/mol. The topological polar surface area (TPSA) is 78.4 Å². The number of nitrogens with one attached hydrogen (secondary N) is 2. The minimum absolute atomic E-state index is 0.0615. The number of aliphatic carboxylic acids is 1. The van der Waals surface area contributed by atoms with Gasteiger partial charge in [0, 0.05) is 18.7 Å². The fourth-order valence-corrected chi connectivity index (χ4v) is 1.24. The summed E-state index contributed by atoms with van der Waals surface area (Å²) in [4.78, 5) is 22.2. The maximum absolute atomic E-state index is 11.5. The van der Waals surface area contributed by atoms with Crippen LogP contribution in [0.25, 0.3) is 0 Å². The fourth-order valence-electron chi connectivity index (χ4n) is 1.24. The Morgan fingerprint density at radius 2 is 2.00 bits per heavy atom. The molecule has 0 spiro atoms. The van der Waals surface area contributed by atoms with Gasteiger partial charge in [-0.1, -0.05) is 19.9 Å². The number of rotatable bonds is 8. The molecular formula is C12H22N2O3. The summed E-state index contributed by atoms with van der Waals surface area (Å²) in [5.41, 5.74) is 0.360. The average molecular weight is 242 g/mol. The predicted molar refractivity (Wildman–Crippen MR) is 66.8 cm³/mol. The fraction of sp³-hybridized carbons (Fsp3) is 0.667. The van der Waals surface area contributed by atoms with E-state index in [-0.39, 0.29) is 11.9 Å². The summed E-state index contributed by atoms with van der Waals surface area (Å²) in [6.45, 7) is 6.58. The van der Waals surface area contributed by atoms with Crippen LogP contribution in [0, 0.1) is 0 Å². The molecule has 0 radical (unpaired) electrons. The molecule has 1 amide bonds. The molecule has 1 atom stereocenters. The molecule has 0 saturated carbocycles. The Labute approximate surface area is 102 Å². The predicted octanol–water partition coefficient (Wildman–Crippen LogP) is 0.912.